The number of hydrogen-bond acceptors (Lipinski definition) is 4. The molecule has 4 rings (SSSR count). The molecule has 0 bridgehead atoms. The number of fused-ring (bicyclic) bond motifs is 1. The zero-order valence-corrected chi connectivity index (χ0v) is 15.5. The van der Waals surface area contributed by atoms with Gasteiger partial charge in [0.25, 0.3) is 0 Å². The van der Waals surface area contributed by atoms with E-state index in [1.165, 1.54) is 4.31 Å². The standard InChI is InChI=1S/C21H21NO4S/c23-19-13-18(15-26-20-8-2-1-3-9-20)22(14-19)27(24,25)21-11-10-16-6-4-5-7-17(16)12-21/h1-12,18-19,23H,13-15H2. The van der Waals surface area contributed by atoms with Crippen LogP contribution < -0.4 is 4.74 Å². The zero-order valence-electron chi connectivity index (χ0n) is 14.7. The van der Waals surface area contributed by atoms with Crippen molar-refractivity contribution >= 4 is 20.8 Å². The van der Waals surface area contributed by atoms with Gasteiger partial charge in [-0.05, 0) is 41.5 Å². The highest BCUT2D eigenvalue weighted by molar-refractivity contribution is 7.89. The molecule has 1 aliphatic heterocycles. The minimum absolute atomic E-state index is 0.0813. The molecule has 2 atom stereocenters. The van der Waals surface area contributed by atoms with Gasteiger partial charge in [-0.2, -0.15) is 4.31 Å². The van der Waals surface area contributed by atoms with Gasteiger partial charge in [0.2, 0.25) is 10.0 Å². The number of benzene rings is 3. The highest BCUT2D eigenvalue weighted by atomic mass is 32.2. The van der Waals surface area contributed by atoms with E-state index >= 15 is 0 Å². The first-order valence-electron chi connectivity index (χ1n) is 8.90. The molecule has 5 nitrogen and oxygen atoms in total. The van der Waals surface area contributed by atoms with E-state index in [0.29, 0.717) is 12.2 Å². The maximum atomic E-state index is 13.2. The lowest BCUT2D eigenvalue weighted by molar-refractivity contribution is 0.186. The van der Waals surface area contributed by atoms with Crippen molar-refractivity contribution in [2.45, 2.75) is 23.5 Å². The topological polar surface area (TPSA) is 66.8 Å². The lowest BCUT2D eigenvalue weighted by atomic mass is 10.1. The molecular weight excluding hydrogens is 362 g/mol. The van der Waals surface area contributed by atoms with Crippen LogP contribution in [0.3, 0.4) is 0 Å². The van der Waals surface area contributed by atoms with Crippen molar-refractivity contribution in [3.8, 4) is 5.75 Å². The number of aliphatic hydroxyl groups excluding tert-OH is 1. The van der Waals surface area contributed by atoms with Crippen molar-refractivity contribution in [1.82, 2.24) is 4.31 Å². The first-order chi connectivity index (χ1) is 13.0. The van der Waals surface area contributed by atoms with Gasteiger partial charge in [-0.1, -0.05) is 48.5 Å². The Hall–Kier alpha value is -2.41. The molecule has 1 saturated heterocycles. The normalized spacial score (nSPS) is 20.8. The fourth-order valence-corrected chi connectivity index (χ4v) is 5.18. The minimum atomic E-state index is -3.72. The van der Waals surface area contributed by atoms with Crippen LogP contribution in [0.15, 0.2) is 77.7 Å². The smallest absolute Gasteiger partial charge is 0.243 e. The second-order valence-electron chi connectivity index (χ2n) is 6.75. The largest absolute Gasteiger partial charge is 0.492 e. The van der Waals surface area contributed by atoms with Gasteiger partial charge in [0.15, 0.2) is 0 Å². The summed E-state index contributed by atoms with van der Waals surface area (Å²) in [7, 11) is -3.72. The SMILES string of the molecule is O=S(=O)(c1ccc2ccccc2c1)N1CC(O)CC1COc1ccccc1. The molecule has 0 aliphatic carbocycles. The van der Waals surface area contributed by atoms with E-state index in [1.807, 2.05) is 60.7 Å². The second kappa shape index (κ2) is 7.31. The lowest BCUT2D eigenvalue weighted by Gasteiger charge is -2.24. The van der Waals surface area contributed by atoms with Crippen LogP contribution in [0.5, 0.6) is 5.75 Å². The van der Waals surface area contributed by atoms with Gasteiger partial charge in [-0.25, -0.2) is 8.42 Å². The fraction of sp³-hybridized carbons (Fsp3) is 0.238. The van der Waals surface area contributed by atoms with Crippen molar-refractivity contribution in [2.75, 3.05) is 13.2 Å². The first-order valence-corrected chi connectivity index (χ1v) is 10.3. The third-order valence-electron chi connectivity index (χ3n) is 4.86. The van der Waals surface area contributed by atoms with Crippen LogP contribution in [0.1, 0.15) is 6.42 Å². The molecule has 1 aliphatic rings. The molecule has 1 fully saturated rings. The Bertz CT molecular complexity index is 1040. The number of ether oxygens (including phenoxy) is 1. The average Bonchev–Trinajstić information content (AvgIpc) is 3.08. The molecule has 0 spiro atoms. The summed E-state index contributed by atoms with van der Waals surface area (Å²) in [6.07, 6.45) is -0.329. The van der Waals surface area contributed by atoms with Crippen molar-refractivity contribution in [3.05, 3.63) is 72.8 Å². The van der Waals surface area contributed by atoms with Crippen LogP contribution in [-0.2, 0) is 10.0 Å². The third kappa shape index (κ3) is 3.69. The number of sulfonamides is 1. The van der Waals surface area contributed by atoms with Gasteiger partial charge in [-0.15, -0.1) is 0 Å². The van der Waals surface area contributed by atoms with E-state index in [2.05, 4.69) is 0 Å². The molecule has 140 valence electrons. The predicted octanol–water partition coefficient (Wildman–Crippen LogP) is 3.04. The minimum Gasteiger partial charge on any atom is -0.492 e. The summed E-state index contributed by atoms with van der Waals surface area (Å²) in [6.45, 7) is 0.284. The summed E-state index contributed by atoms with van der Waals surface area (Å²) in [5, 5.41) is 11.9. The van der Waals surface area contributed by atoms with Gasteiger partial charge < -0.3 is 9.84 Å². The highest BCUT2D eigenvalue weighted by Gasteiger charge is 2.40. The Morgan fingerprint density at radius 3 is 2.44 bits per heavy atom. The Morgan fingerprint density at radius 2 is 1.67 bits per heavy atom. The Labute approximate surface area is 158 Å². The Kier molecular flexibility index (Phi) is 4.86. The molecule has 2 unspecified atom stereocenters. The van der Waals surface area contributed by atoms with Crippen LogP contribution >= 0.6 is 0 Å². The summed E-state index contributed by atoms with van der Waals surface area (Å²) in [6, 6.07) is 21.6. The summed E-state index contributed by atoms with van der Waals surface area (Å²) in [5.74, 6) is 0.682. The Morgan fingerprint density at radius 1 is 0.963 bits per heavy atom. The van der Waals surface area contributed by atoms with Crippen LogP contribution in [-0.4, -0.2) is 43.1 Å². The van der Waals surface area contributed by atoms with Gasteiger partial charge in [0.1, 0.15) is 12.4 Å². The molecule has 0 aromatic heterocycles. The fourth-order valence-electron chi connectivity index (χ4n) is 3.48. The average molecular weight is 383 g/mol. The summed E-state index contributed by atoms with van der Waals surface area (Å²) >= 11 is 0. The van der Waals surface area contributed by atoms with E-state index in [4.69, 9.17) is 4.74 Å². The van der Waals surface area contributed by atoms with Crippen LogP contribution in [0.25, 0.3) is 10.8 Å². The molecule has 6 heteroatoms. The zero-order chi connectivity index (χ0) is 18.9. The molecule has 3 aromatic rings. The van der Waals surface area contributed by atoms with Crippen molar-refractivity contribution < 1.29 is 18.3 Å². The van der Waals surface area contributed by atoms with E-state index in [9.17, 15) is 13.5 Å². The number of rotatable bonds is 5. The number of nitrogens with zero attached hydrogens (tertiary/aromatic N) is 1. The Balaban J connectivity index is 1.59. The van der Waals surface area contributed by atoms with E-state index < -0.39 is 22.2 Å². The number of aliphatic hydroxyl groups is 1. The van der Waals surface area contributed by atoms with Crippen molar-refractivity contribution in [2.24, 2.45) is 0 Å². The number of β-amino-alcohol motifs (C(OH)–C–C–N with tert-alkyl or cyclic N) is 1. The molecule has 0 amide bonds. The summed E-state index contributed by atoms with van der Waals surface area (Å²) in [5.41, 5.74) is 0. The van der Waals surface area contributed by atoms with Gasteiger partial charge in [-0.3, -0.25) is 0 Å². The van der Waals surface area contributed by atoms with Gasteiger partial charge >= 0.3 is 0 Å². The van der Waals surface area contributed by atoms with Crippen LogP contribution in [0.2, 0.25) is 0 Å². The van der Waals surface area contributed by atoms with E-state index in [0.717, 1.165) is 10.8 Å². The molecule has 3 aromatic carbocycles. The maximum Gasteiger partial charge on any atom is 0.243 e. The molecule has 1 N–H and O–H groups in total. The quantitative estimate of drug-likeness (QED) is 0.735. The molecule has 1 heterocycles. The first kappa shape index (κ1) is 18.0. The molecule has 0 saturated carbocycles. The molecule has 0 radical (unpaired) electrons. The molecular formula is C21H21NO4S. The van der Waals surface area contributed by atoms with E-state index in [1.54, 1.807) is 12.1 Å². The monoisotopic (exact) mass is 383 g/mol. The second-order valence-corrected chi connectivity index (χ2v) is 8.64. The lowest BCUT2D eigenvalue weighted by Crippen LogP contribution is -2.39. The third-order valence-corrected chi connectivity index (χ3v) is 6.77. The predicted molar refractivity (Wildman–Crippen MR) is 104 cm³/mol. The van der Waals surface area contributed by atoms with Gasteiger partial charge in [0.05, 0.1) is 17.0 Å². The highest BCUT2D eigenvalue weighted by Crippen LogP contribution is 2.29. The van der Waals surface area contributed by atoms with Crippen LogP contribution in [0.4, 0.5) is 0 Å². The van der Waals surface area contributed by atoms with Crippen molar-refractivity contribution in [3.63, 3.8) is 0 Å². The summed E-state index contributed by atoms with van der Waals surface area (Å²) < 4.78 is 33.5. The number of para-hydroxylation sites is 1. The number of hydrogen-bond donors (Lipinski definition) is 1. The van der Waals surface area contributed by atoms with Crippen LogP contribution in [0, 0.1) is 0 Å². The molecule has 27 heavy (non-hydrogen) atoms. The summed E-state index contributed by atoms with van der Waals surface area (Å²) in [4.78, 5) is 0.236. The van der Waals surface area contributed by atoms with E-state index in [-0.39, 0.29) is 18.0 Å². The maximum absolute atomic E-state index is 13.2. The van der Waals surface area contributed by atoms with Crippen molar-refractivity contribution in [1.29, 1.82) is 0 Å². The van der Waals surface area contributed by atoms with Gasteiger partial charge in [0, 0.05) is 6.54 Å².